The van der Waals surface area contributed by atoms with Gasteiger partial charge < -0.3 is 0 Å². The molecule has 1 heterocycles. The molecule has 1 aromatic carbocycles. The Balaban J connectivity index is 2.25. The van der Waals surface area contributed by atoms with E-state index in [2.05, 4.69) is 43.8 Å². The molecule has 0 radical (unpaired) electrons. The average molecular weight is 373 g/mol. The quantitative estimate of drug-likeness (QED) is 0.673. The highest BCUT2D eigenvalue weighted by Gasteiger charge is 2.19. The third-order valence-electron chi connectivity index (χ3n) is 2.86. The number of nitrogens with zero attached hydrogens (tertiary/aromatic N) is 1. The standard InChI is InChI=1S/C14H12Br2FN/c1-9(13-4-2-3-7-18-13)14(16)10-5-6-11(15)12(17)8-10/h2-9,14H,1H3. The first-order valence-corrected chi connectivity index (χ1v) is 7.30. The highest BCUT2D eigenvalue weighted by molar-refractivity contribution is 9.10. The van der Waals surface area contributed by atoms with Crippen molar-refractivity contribution in [2.75, 3.05) is 0 Å². The maximum atomic E-state index is 13.5. The molecule has 1 nitrogen and oxygen atoms in total. The fourth-order valence-electron chi connectivity index (χ4n) is 1.77. The Bertz CT molecular complexity index is 531. The summed E-state index contributed by atoms with van der Waals surface area (Å²) in [5.41, 5.74) is 1.90. The van der Waals surface area contributed by atoms with Crippen molar-refractivity contribution >= 4 is 31.9 Å². The molecule has 0 saturated carbocycles. The van der Waals surface area contributed by atoms with E-state index in [0.717, 1.165) is 11.3 Å². The van der Waals surface area contributed by atoms with Crippen LogP contribution in [0.25, 0.3) is 0 Å². The number of rotatable bonds is 3. The Morgan fingerprint density at radius 1 is 1.22 bits per heavy atom. The molecular weight excluding hydrogens is 361 g/mol. The third kappa shape index (κ3) is 2.98. The van der Waals surface area contributed by atoms with Crippen LogP contribution in [0.3, 0.4) is 0 Å². The summed E-state index contributed by atoms with van der Waals surface area (Å²) in [6.07, 6.45) is 1.77. The number of halogens is 3. The van der Waals surface area contributed by atoms with Gasteiger partial charge in [0, 0.05) is 22.6 Å². The van der Waals surface area contributed by atoms with Gasteiger partial charge in [-0.15, -0.1) is 0 Å². The van der Waals surface area contributed by atoms with Crippen molar-refractivity contribution in [3.63, 3.8) is 0 Å². The molecule has 2 unspecified atom stereocenters. The smallest absolute Gasteiger partial charge is 0.137 e. The highest BCUT2D eigenvalue weighted by atomic mass is 79.9. The maximum Gasteiger partial charge on any atom is 0.137 e. The minimum Gasteiger partial charge on any atom is -0.261 e. The molecule has 4 heteroatoms. The van der Waals surface area contributed by atoms with Gasteiger partial charge in [0.2, 0.25) is 0 Å². The lowest BCUT2D eigenvalue weighted by Crippen LogP contribution is -2.04. The predicted octanol–water partition coefficient (Wildman–Crippen LogP) is 5.22. The van der Waals surface area contributed by atoms with Crippen molar-refractivity contribution in [3.05, 3.63) is 64.1 Å². The molecule has 0 aliphatic rings. The van der Waals surface area contributed by atoms with Crippen molar-refractivity contribution in [1.82, 2.24) is 4.98 Å². The van der Waals surface area contributed by atoms with Gasteiger partial charge in [0.05, 0.1) is 4.47 Å². The molecule has 0 aliphatic heterocycles. The second kappa shape index (κ2) is 5.93. The van der Waals surface area contributed by atoms with Crippen LogP contribution in [0, 0.1) is 5.82 Å². The molecule has 0 fully saturated rings. The van der Waals surface area contributed by atoms with Crippen molar-refractivity contribution in [2.24, 2.45) is 0 Å². The predicted molar refractivity (Wildman–Crippen MR) is 78.4 cm³/mol. The Labute approximate surface area is 123 Å². The molecule has 94 valence electrons. The SMILES string of the molecule is CC(c1ccccn1)C(Br)c1ccc(Br)c(F)c1. The highest BCUT2D eigenvalue weighted by Crippen LogP contribution is 2.37. The van der Waals surface area contributed by atoms with Crippen LogP contribution in [-0.4, -0.2) is 4.98 Å². The average Bonchev–Trinajstić information content (AvgIpc) is 2.41. The van der Waals surface area contributed by atoms with Gasteiger partial charge in [0.1, 0.15) is 5.82 Å². The van der Waals surface area contributed by atoms with E-state index >= 15 is 0 Å². The maximum absolute atomic E-state index is 13.5. The number of hydrogen-bond donors (Lipinski definition) is 0. The summed E-state index contributed by atoms with van der Waals surface area (Å²) in [6, 6.07) is 11.0. The lowest BCUT2D eigenvalue weighted by molar-refractivity contribution is 0.615. The Kier molecular flexibility index (Phi) is 4.51. The van der Waals surface area contributed by atoms with Crippen molar-refractivity contribution in [3.8, 4) is 0 Å². The van der Waals surface area contributed by atoms with Crippen LogP contribution in [0.2, 0.25) is 0 Å². The first kappa shape index (κ1) is 13.7. The fourth-order valence-corrected chi connectivity index (χ4v) is 2.57. The first-order chi connectivity index (χ1) is 8.59. The van der Waals surface area contributed by atoms with Gasteiger partial charge in [0.15, 0.2) is 0 Å². The number of benzene rings is 1. The van der Waals surface area contributed by atoms with Crippen molar-refractivity contribution < 1.29 is 4.39 Å². The number of alkyl halides is 1. The Morgan fingerprint density at radius 2 is 2.00 bits per heavy atom. The van der Waals surface area contributed by atoms with Gasteiger partial charge in [-0.1, -0.05) is 35.0 Å². The molecule has 0 bridgehead atoms. The van der Waals surface area contributed by atoms with E-state index in [1.165, 1.54) is 0 Å². The minimum absolute atomic E-state index is 0.0370. The molecule has 0 N–H and O–H groups in total. The molecule has 0 amide bonds. The van der Waals surface area contributed by atoms with E-state index in [9.17, 15) is 4.39 Å². The van der Waals surface area contributed by atoms with Crippen molar-refractivity contribution in [1.29, 1.82) is 0 Å². The lowest BCUT2D eigenvalue weighted by Gasteiger charge is -2.18. The van der Waals surface area contributed by atoms with E-state index in [1.807, 2.05) is 24.3 Å². The summed E-state index contributed by atoms with van der Waals surface area (Å²) >= 11 is 6.78. The van der Waals surface area contributed by atoms with Gasteiger partial charge in [-0.2, -0.15) is 0 Å². The molecule has 18 heavy (non-hydrogen) atoms. The summed E-state index contributed by atoms with van der Waals surface area (Å²) in [5, 5.41) is 0. The zero-order chi connectivity index (χ0) is 13.1. The molecule has 0 saturated heterocycles. The van der Waals surface area contributed by atoms with Crippen LogP contribution < -0.4 is 0 Å². The number of aromatic nitrogens is 1. The summed E-state index contributed by atoms with van der Waals surface area (Å²) in [5.74, 6) is -0.0723. The zero-order valence-corrected chi connectivity index (χ0v) is 12.9. The van der Waals surface area contributed by atoms with E-state index in [0.29, 0.717) is 4.47 Å². The van der Waals surface area contributed by atoms with Crippen LogP contribution >= 0.6 is 31.9 Å². The van der Waals surface area contributed by atoms with Gasteiger partial charge in [0.25, 0.3) is 0 Å². The molecule has 2 rings (SSSR count). The van der Waals surface area contributed by atoms with Gasteiger partial charge in [-0.25, -0.2) is 4.39 Å². The van der Waals surface area contributed by atoms with E-state index in [-0.39, 0.29) is 16.6 Å². The second-order valence-corrected chi connectivity index (χ2v) is 5.96. The number of hydrogen-bond acceptors (Lipinski definition) is 1. The monoisotopic (exact) mass is 371 g/mol. The minimum atomic E-state index is -0.245. The molecule has 2 atom stereocenters. The van der Waals surface area contributed by atoms with Gasteiger partial charge in [-0.05, 0) is 45.8 Å². The summed E-state index contributed by atoms with van der Waals surface area (Å²) in [6.45, 7) is 2.07. The zero-order valence-electron chi connectivity index (χ0n) is 9.78. The molecular formula is C14H12Br2FN. The molecule has 2 aromatic rings. The lowest BCUT2D eigenvalue weighted by atomic mass is 9.97. The topological polar surface area (TPSA) is 12.9 Å². The van der Waals surface area contributed by atoms with Crippen LogP contribution in [0.4, 0.5) is 4.39 Å². The van der Waals surface area contributed by atoms with E-state index in [1.54, 1.807) is 18.3 Å². The summed E-state index contributed by atoms with van der Waals surface area (Å²) in [7, 11) is 0. The summed E-state index contributed by atoms with van der Waals surface area (Å²) in [4.78, 5) is 4.37. The fraction of sp³-hybridized carbons (Fsp3) is 0.214. The summed E-state index contributed by atoms with van der Waals surface area (Å²) < 4.78 is 14.0. The number of pyridine rings is 1. The molecule has 1 aromatic heterocycles. The Morgan fingerprint density at radius 3 is 2.61 bits per heavy atom. The van der Waals surface area contributed by atoms with Crippen molar-refractivity contribution in [2.45, 2.75) is 17.7 Å². The van der Waals surface area contributed by atoms with Gasteiger partial charge >= 0.3 is 0 Å². The van der Waals surface area contributed by atoms with E-state index in [4.69, 9.17) is 0 Å². The molecule has 0 aliphatic carbocycles. The van der Waals surface area contributed by atoms with Crippen LogP contribution in [-0.2, 0) is 0 Å². The second-order valence-electron chi connectivity index (χ2n) is 4.12. The van der Waals surface area contributed by atoms with E-state index < -0.39 is 0 Å². The van der Waals surface area contributed by atoms with Crippen LogP contribution in [0.1, 0.15) is 28.9 Å². The molecule has 0 spiro atoms. The third-order valence-corrected chi connectivity index (χ3v) is 4.82. The first-order valence-electron chi connectivity index (χ1n) is 5.59. The normalized spacial score (nSPS) is 14.2. The van der Waals surface area contributed by atoms with Crippen LogP contribution in [0.5, 0.6) is 0 Å². The largest absolute Gasteiger partial charge is 0.261 e. The Hall–Kier alpha value is -0.740. The van der Waals surface area contributed by atoms with Gasteiger partial charge in [-0.3, -0.25) is 4.98 Å². The van der Waals surface area contributed by atoms with Crippen LogP contribution in [0.15, 0.2) is 47.1 Å².